The highest BCUT2D eigenvalue weighted by atomic mass is 79.9. The molecular formula is C11H6BrCl2N3O2. The second-order valence-electron chi connectivity index (χ2n) is 3.45. The number of carbonyl (C=O) groups is 1. The summed E-state index contributed by atoms with van der Waals surface area (Å²) in [5, 5.41) is 12.2. The summed E-state index contributed by atoms with van der Waals surface area (Å²) in [4.78, 5) is 19.4. The number of anilines is 1. The van der Waals surface area contributed by atoms with Gasteiger partial charge >= 0.3 is 0 Å². The summed E-state index contributed by atoms with van der Waals surface area (Å²) >= 11 is 14.8. The molecule has 0 aliphatic rings. The molecule has 98 valence electrons. The first kappa shape index (κ1) is 14.0. The minimum absolute atomic E-state index is 0.0185. The topological polar surface area (TPSA) is 75.1 Å². The predicted octanol–water partition coefficient (Wildman–Crippen LogP) is 3.50. The van der Waals surface area contributed by atoms with E-state index in [0.717, 1.165) is 0 Å². The molecule has 1 aromatic carbocycles. The number of aromatic nitrogens is 2. The molecule has 0 aliphatic carbocycles. The Balaban J connectivity index is 2.31. The van der Waals surface area contributed by atoms with Gasteiger partial charge in [0.25, 0.3) is 5.91 Å². The Hall–Kier alpha value is -1.37. The van der Waals surface area contributed by atoms with Crippen molar-refractivity contribution < 1.29 is 9.90 Å². The molecule has 0 saturated carbocycles. The van der Waals surface area contributed by atoms with Crippen molar-refractivity contribution in [3.05, 3.63) is 44.9 Å². The third-order valence-corrected chi connectivity index (χ3v) is 3.26. The van der Waals surface area contributed by atoms with Gasteiger partial charge in [-0.2, -0.15) is 0 Å². The van der Waals surface area contributed by atoms with E-state index in [9.17, 15) is 9.90 Å². The average Bonchev–Trinajstić information content (AvgIpc) is 2.33. The van der Waals surface area contributed by atoms with Crippen LogP contribution in [0.1, 0.15) is 10.4 Å². The van der Waals surface area contributed by atoms with Crippen LogP contribution in [-0.4, -0.2) is 21.0 Å². The highest BCUT2D eigenvalue weighted by Gasteiger charge is 2.16. The molecule has 0 saturated heterocycles. The first-order valence-electron chi connectivity index (χ1n) is 4.95. The van der Waals surface area contributed by atoms with Crippen LogP contribution in [0.2, 0.25) is 10.3 Å². The van der Waals surface area contributed by atoms with Crippen molar-refractivity contribution in [2.45, 2.75) is 0 Å². The number of nitrogens with zero attached hydrogens (tertiary/aromatic N) is 2. The van der Waals surface area contributed by atoms with E-state index in [0.29, 0.717) is 4.47 Å². The quantitative estimate of drug-likeness (QED) is 0.801. The van der Waals surface area contributed by atoms with Crippen molar-refractivity contribution in [1.82, 2.24) is 9.97 Å². The van der Waals surface area contributed by atoms with E-state index in [4.69, 9.17) is 23.2 Å². The Morgan fingerprint density at radius 1 is 1.26 bits per heavy atom. The van der Waals surface area contributed by atoms with Gasteiger partial charge < -0.3 is 10.4 Å². The van der Waals surface area contributed by atoms with Crippen molar-refractivity contribution in [3.8, 4) is 5.75 Å². The number of amides is 1. The minimum Gasteiger partial charge on any atom is -0.507 e. The van der Waals surface area contributed by atoms with E-state index >= 15 is 0 Å². The molecule has 0 unspecified atom stereocenters. The van der Waals surface area contributed by atoms with E-state index < -0.39 is 5.91 Å². The Morgan fingerprint density at radius 2 is 1.89 bits per heavy atom. The Labute approximate surface area is 126 Å². The van der Waals surface area contributed by atoms with Gasteiger partial charge in [-0.25, -0.2) is 9.97 Å². The number of halogens is 3. The molecule has 0 fully saturated rings. The van der Waals surface area contributed by atoms with Crippen molar-refractivity contribution in [2.24, 2.45) is 0 Å². The van der Waals surface area contributed by atoms with E-state index in [1.807, 2.05) is 0 Å². The van der Waals surface area contributed by atoms with Crippen molar-refractivity contribution in [1.29, 1.82) is 0 Å². The molecule has 1 heterocycles. The minimum atomic E-state index is -0.566. The number of nitrogens with one attached hydrogen (secondary N) is 1. The SMILES string of the molecule is O=C(Nc1c(Cl)ncnc1Cl)c1ccc(Br)cc1O. The van der Waals surface area contributed by atoms with Gasteiger partial charge in [0.05, 0.1) is 5.56 Å². The van der Waals surface area contributed by atoms with Crippen LogP contribution in [0, 0.1) is 0 Å². The number of hydrogen-bond donors (Lipinski definition) is 2. The summed E-state index contributed by atoms with van der Waals surface area (Å²) in [6.45, 7) is 0. The molecular weight excluding hydrogens is 357 g/mol. The number of benzene rings is 1. The number of hydrogen-bond acceptors (Lipinski definition) is 4. The zero-order valence-electron chi connectivity index (χ0n) is 9.19. The maximum atomic E-state index is 12.0. The molecule has 0 aliphatic heterocycles. The van der Waals surface area contributed by atoms with E-state index in [2.05, 4.69) is 31.2 Å². The van der Waals surface area contributed by atoms with Crippen LogP contribution in [0.4, 0.5) is 5.69 Å². The lowest BCUT2D eigenvalue weighted by Gasteiger charge is -2.08. The Morgan fingerprint density at radius 3 is 2.47 bits per heavy atom. The zero-order valence-corrected chi connectivity index (χ0v) is 12.3. The van der Waals surface area contributed by atoms with Crippen molar-refractivity contribution in [3.63, 3.8) is 0 Å². The van der Waals surface area contributed by atoms with Crippen LogP contribution >= 0.6 is 39.1 Å². The Bertz CT molecular complexity index is 632. The largest absolute Gasteiger partial charge is 0.507 e. The first-order chi connectivity index (χ1) is 8.99. The standard InChI is InChI=1S/C11H6BrCl2N3O2/c12-5-1-2-6(7(18)3-5)11(19)17-8-9(13)15-4-16-10(8)14/h1-4,18H,(H,17,19). The number of aromatic hydroxyl groups is 1. The van der Waals surface area contributed by atoms with E-state index in [-0.39, 0.29) is 27.3 Å². The normalized spacial score (nSPS) is 10.3. The van der Waals surface area contributed by atoms with Crippen LogP contribution in [-0.2, 0) is 0 Å². The average molecular weight is 363 g/mol. The van der Waals surface area contributed by atoms with Crippen LogP contribution in [0.3, 0.4) is 0 Å². The summed E-state index contributed by atoms with van der Waals surface area (Å²) in [6.07, 6.45) is 1.18. The lowest BCUT2D eigenvalue weighted by atomic mass is 10.2. The Kier molecular flexibility index (Phi) is 4.24. The van der Waals surface area contributed by atoms with Crippen LogP contribution in [0.25, 0.3) is 0 Å². The van der Waals surface area contributed by atoms with E-state index in [1.165, 1.54) is 18.5 Å². The molecule has 2 rings (SSSR count). The van der Waals surface area contributed by atoms with Crippen LogP contribution < -0.4 is 5.32 Å². The zero-order chi connectivity index (χ0) is 14.0. The molecule has 1 amide bonds. The molecule has 0 radical (unpaired) electrons. The number of carbonyl (C=O) groups excluding carboxylic acids is 1. The molecule has 2 N–H and O–H groups in total. The third kappa shape index (κ3) is 3.15. The van der Waals surface area contributed by atoms with Gasteiger partial charge in [-0.3, -0.25) is 4.79 Å². The summed E-state index contributed by atoms with van der Waals surface area (Å²) in [7, 11) is 0. The third-order valence-electron chi connectivity index (χ3n) is 2.20. The summed E-state index contributed by atoms with van der Waals surface area (Å²) in [5.41, 5.74) is 0.178. The highest BCUT2D eigenvalue weighted by molar-refractivity contribution is 9.10. The molecule has 0 bridgehead atoms. The van der Waals surface area contributed by atoms with Gasteiger partial charge in [-0.05, 0) is 18.2 Å². The fourth-order valence-electron chi connectivity index (χ4n) is 1.33. The summed E-state index contributed by atoms with van der Waals surface area (Å²) in [5.74, 6) is -0.737. The predicted molar refractivity (Wildman–Crippen MR) is 75.8 cm³/mol. The van der Waals surface area contributed by atoms with Gasteiger partial charge in [0.2, 0.25) is 0 Å². The van der Waals surface area contributed by atoms with Gasteiger partial charge in [0, 0.05) is 4.47 Å². The molecule has 19 heavy (non-hydrogen) atoms. The molecule has 5 nitrogen and oxygen atoms in total. The molecule has 2 aromatic rings. The summed E-state index contributed by atoms with van der Waals surface area (Å²) < 4.78 is 0.653. The monoisotopic (exact) mass is 361 g/mol. The lowest BCUT2D eigenvalue weighted by molar-refractivity contribution is 0.102. The smallest absolute Gasteiger partial charge is 0.259 e. The van der Waals surface area contributed by atoms with Gasteiger partial charge in [-0.15, -0.1) is 0 Å². The van der Waals surface area contributed by atoms with E-state index in [1.54, 1.807) is 6.07 Å². The number of phenols is 1. The van der Waals surface area contributed by atoms with Gasteiger partial charge in [0.15, 0.2) is 10.3 Å². The second kappa shape index (κ2) is 5.73. The van der Waals surface area contributed by atoms with Crippen LogP contribution in [0.5, 0.6) is 5.75 Å². The fourth-order valence-corrected chi connectivity index (χ4v) is 2.08. The molecule has 1 aromatic heterocycles. The number of phenolic OH excluding ortho intramolecular Hbond substituents is 1. The maximum Gasteiger partial charge on any atom is 0.259 e. The maximum absolute atomic E-state index is 12.0. The lowest BCUT2D eigenvalue weighted by Crippen LogP contribution is -2.13. The number of rotatable bonds is 2. The van der Waals surface area contributed by atoms with Crippen LogP contribution in [0.15, 0.2) is 29.0 Å². The van der Waals surface area contributed by atoms with Crippen molar-refractivity contribution in [2.75, 3.05) is 5.32 Å². The molecule has 0 atom stereocenters. The fraction of sp³-hybridized carbons (Fsp3) is 0. The van der Waals surface area contributed by atoms with Gasteiger partial charge in [-0.1, -0.05) is 39.1 Å². The molecule has 0 spiro atoms. The molecule has 8 heteroatoms. The second-order valence-corrected chi connectivity index (χ2v) is 5.08. The summed E-state index contributed by atoms with van der Waals surface area (Å²) in [6, 6.07) is 4.49. The highest BCUT2D eigenvalue weighted by Crippen LogP contribution is 2.28. The van der Waals surface area contributed by atoms with Gasteiger partial charge in [0.1, 0.15) is 17.8 Å². The van der Waals surface area contributed by atoms with Crippen molar-refractivity contribution >= 4 is 50.7 Å². The first-order valence-corrected chi connectivity index (χ1v) is 6.50.